The fourth-order valence-corrected chi connectivity index (χ4v) is 9.39. The Morgan fingerprint density at radius 2 is 0.826 bits per heavy atom. The van der Waals surface area contributed by atoms with Crippen LogP contribution in [0, 0.1) is 0 Å². The Balaban J connectivity index is 1.44. The molecule has 6 nitrogen and oxygen atoms in total. The molecule has 0 spiro atoms. The van der Waals surface area contributed by atoms with Gasteiger partial charge in [0.2, 0.25) is 0 Å². The molecule has 5 aromatic rings. The summed E-state index contributed by atoms with van der Waals surface area (Å²) in [6.45, 7) is 22.4. The van der Waals surface area contributed by atoms with E-state index in [2.05, 4.69) is 77.3 Å². The molecular formula is C40H44N2O4. The van der Waals surface area contributed by atoms with Gasteiger partial charge in [0.1, 0.15) is 11.2 Å². The third kappa shape index (κ3) is 3.53. The fourth-order valence-electron chi connectivity index (χ4n) is 9.39. The Morgan fingerprint density at radius 3 is 1.20 bits per heavy atom. The first kappa shape index (κ1) is 28.4. The lowest BCUT2D eigenvalue weighted by molar-refractivity contribution is 0.398. The predicted octanol–water partition coefficient (Wildman–Crippen LogP) is 8.54. The molecule has 0 unspecified atom stereocenters. The minimum absolute atomic E-state index is 0.0231. The average molecular weight is 617 g/mol. The van der Waals surface area contributed by atoms with Crippen molar-refractivity contribution in [3.63, 3.8) is 0 Å². The molecule has 9 rings (SSSR count). The highest BCUT2D eigenvalue weighted by molar-refractivity contribution is 6.17. The Bertz CT molecular complexity index is 2170. The summed E-state index contributed by atoms with van der Waals surface area (Å²) in [4.78, 5) is 33.1. The van der Waals surface area contributed by atoms with Gasteiger partial charge in [-0.05, 0) is 82.7 Å². The molecule has 6 heteroatoms. The van der Waals surface area contributed by atoms with Crippen LogP contribution in [0.25, 0.3) is 43.5 Å². The second-order valence-corrected chi connectivity index (χ2v) is 17.3. The van der Waals surface area contributed by atoms with Gasteiger partial charge in [-0.15, -0.1) is 0 Å². The standard InChI is InChI=1S/C40H44N2O4/c1-37(2)9-13-41-15-11-39(5,6)29-31(41)27(37)19-23-21-17-26-22(18-25(21)35(43)45-33(23)29)24-20-28-32-30(34(24)46-36(26)44)40(7,8)12-16-42(32)14-10-38(28,3)4/h17-20H,9-16H2,1-8H3. The van der Waals surface area contributed by atoms with Crippen LogP contribution in [0.5, 0.6) is 0 Å². The second-order valence-electron chi connectivity index (χ2n) is 17.3. The molecule has 0 radical (unpaired) electrons. The molecule has 4 aliphatic rings. The molecule has 0 saturated carbocycles. The summed E-state index contributed by atoms with van der Waals surface area (Å²) in [7, 11) is 0. The number of hydrogen-bond acceptors (Lipinski definition) is 6. The van der Waals surface area contributed by atoms with Crippen LogP contribution < -0.4 is 21.1 Å². The van der Waals surface area contributed by atoms with Crippen molar-refractivity contribution in [2.75, 3.05) is 36.0 Å². The normalized spacial score (nSPS) is 22.0. The summed E-state index contributed by atoms with van der Waals surface area (Å²) < 4.78 is 12.7. The van der Waals surface area contributed by atoms with Gasteiger partial charge in [0.15, 0.2) is 0 Å². The van der Waals surface area contributed by atoms with Crippen molar-refractivity contribution in [2.24, 2.45) is 0 Å². The van der Waals surface area contributed by atoms with Crippen molar-refractivity contribution in [2.45, 2.75) is 103 Å². The van der Waals surface area contributed by atoms with Crippen molar-refractivity contribution >= 4 is 54.9 Å². The lowest BCUT2D eigenvalue weighted by atomic mass is 9.68. The van der Waals surface area contributed by atoms with Crippen LogP contribution in [-0.4, -0.2) is 26.2 Å². The van der Waals surface area contributed by atoms with E-state index in [0.717, 1.165) is 84.5 Å². The first-order chi connectivity index (χ1) is 21.6. The topological polar surface area (TPSA) is 66.9 Å². The van der Waals surface area contributed by atoms with Crippen molar-refractivity contribution in [3.05, 3.63) is 67.4 Å². The van der Waals surface area contributed by atoms with E-state index in [1.54, 1.807) is 0 Å². The van der Waals surface area contributed by atoms with Crippen molar-refractivity contribution in [1.29, 1.82) is 0 Å². The molecule has 0 aliphatic carbocycles. The quantitative estimate of drug-likeness (QED) is 0.0987. The maximum absolute atomic E-state index is 14.1. The summed E-state index contributed by atoms with van der Waals surface area (Å²) in [5.74, 6) is 0. The van der Waals surface area contributed by atoms with Crippen molar-refractivity contribution < 1.29 is 8.83 Å². The summed E-state index contributed by atoms with van der Waals surface area (Å²) in [6, 6.07) is 8.35. The minimum Gasteiger partial charge on any atom is -0.422 e. The molecule has 46 heavy (non-hydrogen) atoms. The van der Waals surface area contributed by atoms with Gasteiger partial charge in [-0.2, -0.15) is 0 Å². The van der Waals surface area contributed by atoms with Crippen LogP contribution in [0.15, 0.2) is 42.7 Å². The van der Waals surface area contributed by atoms with Crippen LogP contribution in [0.4, 0.5) is 11.4 Å². The zero-order valence-electron chi connectivity index (χ0n) is 28.5. The molecule has 238 valence electrons. The van der Waals surface area contributed by atoms with Gasteiger partial charge in [-0.3, -0.25) is 0 Å². The molecule has 0 fully saturated rings. The van der Waals surface area contributed by atoms with Gasteiger partial charge >= 0.3 is 11.3 Å². The Labute approximate surface area is 269 Å². The summed E-state index contributed by atoms with van der Waals surface area (Å²) in [6.07, 6.45) is 4.11. The molecule has 2 aromatic heterocycles. The number of nitrogens with zero attached hydrogens (tertiary/aromatic N) is 2. The van der Waals surface area contributed by atoms with E-state index in [1.165, 1.54) is 22.5 Å². The third-order valence-corrected chi connectivity index (χ3v) is 12.5. The van der Waals surface area contributed by atoms with Crippen LogP contribution in [0.2, 0.25) is 0 Å². The van der Waals surface area contributed by atoms with Gasteiger partial charge in [0.25, 0.3) is 0 Å². The lowest BCUT2D eigenvalue weighted by Gasteiger charge is -2.48. The predicted molar refractivity (Wildman–Crippen MR) is 189 cm³/mol. The Kier molecular flexibility index (Phi) is 5.29. The summed E-state index contributed by atoms with van der Waals surface area (Å²) in [5.41, 5.74) is 7.61. The van der Waals surface area contributed by atoms with E-state index in [0.29, 0.717) is 21.9 Å². The van der Waals surface area contributed by atoms with E-state index >= 15 is 0 Å². The van der Waals surface area contributed by atoms with Gasteiger partial charge in [-0.25, -0.2) is 9.59 Å². The van der Waals surface area contributed by atoms with Gasteiger partial charge in [0, 0.05) is 70.2 Å². The zero-order chi connectivity index (χ0) is 32.3. The number of rotatable bonds is 0. The van der Waals surface area contributed by atoms with E-state index in [4.69, 9.17) is 8.83 Å². The molecule has 0 bridgehead atoms. The summed E-state index contributed by atoms with van der Waals surface area (Å²) in [5, 5.41) is 4.39. The molecular weight excluding hydrogens is 572 g/mol. The molecule has 3 aromatic carbocycles. The third-order valence-electron chi connectivity index (χ3n) is 12.5. The number of hydrogen-bond donors (Lipinski definition) is 0. The smallest absolute Gasteiger partial charge is 0.344 e. The SMILES string of the molecule is CC1(C)CCN2CCC(C)(C)c3c2c1cc1c3oc(=O)c2cc3c(cc21)c(=O)oc1c2c4c(cc13)C(C)(C)CCN4CCC2(C)C. The zero-order valence-corrected chi connectivity index (χ0v) is 28.5. The van der Waals surface area contributed by atoms with Crippen LogP contribution in [0.3, 0.4) is 0 Å². The Morgan fingerprint density at radius 1 is 0.478 bits per heavy atom. The number of fused-ring (bicyclic) bond motifs is 8. The van der Waals surface area contributed by atoms with Gasteiger partial charge in [0.05, 0.1) is 10.8 Å². The van der Waals surface area contributed by atoms with Crippen molar-refractivity contribution in [1.82, 2.24) is 0 Å². The minimum atomic E-state index is -0.351. The average Bonchev–Trinajstić information content (AvgIpc) is 2.98. The second kappa shape index (κ2) is 8.56. The van der Waals surface area contributed by atoms with E-state index < -0.39 is 0 Å². The Hall–Kier alpha value is -3.80. The van der Waals surface area contributed by atoms with E-state index in [1.807, 2.05) is 12.1 Å². The van der Waals surface area contributed by atoms with Gasteiger partial charge < -0.3 is 18.6 Å². The highest BCUT2D eigenvalue weighted by atomic mass is 16.4. The fraction of sp³-hybridized carbons (Fsp3) is 0.500. The molecule has 0 atom stereocenters. The molecule has 0 N–H and O–H groups in total. The number of anilines is 2. The van der Waals surface area contributed by atoms with Crippen LogP contribution >= 0.6 is 0 Å². The first-order valence-electron chi connectivity index (χ1n) is 17.2. The van der Waals surface area contributed by atoms with Crippen molar-refractivity contribution in [3.8, 4) is 0 Å². The lowest BCUT2D eigenvalue weighted by Crippen LogP contribution is -2.44. The largest absolute Gasteiger partial charge is 0.422 e. The highest BCUT2D eigenvalue weighted by Gasteiger charge is 2.44. The van der Waals surface area contributed by atoms with Gasteiger partial charge in [-0.1, -0.05) is 55.4 Å². The maximum atomic E-state index is 14.1. The van der Waals surface area contributed by atoms with E-state index in [9.17, 15) is 9.59 Å². The van der Waals surface area contributed by atoms with Crippen LogP contribution in [0.1, 0.15) is 103 Å². The monoisotopic (exact) mass is 616 g/mol. The summed E-state index contributed by atoms with van der Waals surface area (Å²) >= 11 is 0. The van der Waals surface area contributed by atoms with Crippen LogP contribution in [-0.2, 0) is 21.7 Å². The first-order valence-corrected chi connectivity index (χ1v) is 17.2. The van der Waals surface area contributed by atoms with E-state index in [-0.39, 0.29) is 32.9 Å². The molecule has 6 heterocycles. The number of benzene rings is 3. The maximum Gasteiger partial charge on any atom is 0.344 e. The molecule has 0 amide bonds. The highest BCUT2D eigenvalue weighted by Crippen LogP contribution is 2.54. The molecule has 4 aliphatic heterocycles. The molecule has 0 saturated heterocycles.